The Morgan fingerprint density at radius 1 is 1.40 bits per heavy atom. The second-order valence-electron chi connectivity index (χ2n) is 2.78. The van der Waals surface area contributed by atoms with Crippen molar-refractivity contribution in [2.75, 3.05) is 12.8 Å². The Hall–Kier alpha value is -1.20. The number of hydrogen-bond acceptors (Lipinski definition) is 5. The predicted molar refractivity (Wildman–Crippen MR) is 63.6 cm³/mol. The van der Waals surface area contributed by atoms with Gasteiger partial charge in [0.2, 0.25) is 5.88 Å². The Balaban J connectivity index is 2.27. The van der Waals surface area contributed by atoms with Crippen LogP contribution in [0.1, 0.15) is 0 Å². The molecule has 2 aromatic heterocycles. The van der Waals surface area contributed by atoms with E-state index in [4.69, 9.17) is 10.5 Å². The Bertz CT molecular complexity index is 443. The number of rotatable bonds is 3. The molecule has 0 fully saturated rings. The lowest BCUT2D eigenvalue weighted by atomic mass is 10.4. The highest BCUT2D eigenvalue weighted by molar-refractivity contribution is 8.01. The normalized spacial score (nSPS) is 10.2. The largest absolute Gasteiger partial charge is 0.481 e. The van der Waals surface area contributed by atoms with E-state index in [9.17, 15) is 0 Å². The lowest BCUT2D eigenvalue weighted by molar-refractivity contribution is 0.395. The molecule has 0 aliphatic carbocycles. The standard InChI is InChI=1S/C10H10N2OS2/c1-13-8-5-4-7(11)10(12-8)15-9-3-2-6-14-9/h2-6H,11H2,1H3. The molecule has 15 heavy (non-hydrogen) atoms. The summed E-state index contributed by atoms with van der Waals surface area (Å²) in [6.45, 7) is 0. The summed E-state index contributed by atoms with van der Waals surface area (Å²) in [5, 5.41) is 2.82. The smallest absolute Gasteiger partial charge is 0.214 e. The van der Waals surface area contributed by atoms with E-state index in [2.05, 4.69) is 4.98 Å². The number of methoxy groups -OCH3 is 1. The SMILES string of the molecule is COc1ccc(N)c(Sc2cccs2)n1. The fraction of sp³-hybridized carbons (Fsp3) is 0.100. The van der Waals surface area contributed by atoms with E-state index >= 15 is 0 Å². The minimum atomic E-state index is 0.586. The summed E-state index contributed by atoms with van der Waals surface area (Å²) in [5.41, 5.74) is 6.50. The minimum absolute atomic E-state index is 0.586. The molecule has 0 aromatic carbocycles. The Kier molecular flexibility index (Phi) is 3.13. The Morgan fingerprint density at radius 2 is 2.27 bits per heavy atom. The molecule has 0 bridgehead atoms. The van der Waals surface area contributed by atoms with Gasteiger partial charge in [0.05, 0.1) is 17.0 Å². The highest BCUT2D eigenvalue weighted by Crippen LogP contribution is 2.34. The number of nitrogens with two attached hydrogens (primary N) is 1. The van der Waals surface area contributed by atoms with Gasteiger partial charge in [0.15, 0.2) is 0 Å². The summed E-state index contributed by atoms with van der Waals surface area (Å²) in [7, 11) is 1.60. The van der Waals surface area contributed by atoms with Gasteiger partial charge in [0, 0.05) is 6.07 Å². The lowest BCUT2D eigenvalue weighted by Crippen LogP contribution is -1.94. The monoisotopic (exact) mass is 238 g/mol. The number of nitrogen functional groups attached to an aromatic ring is 1. The molecule has 78 valence electrons. The van der Waals surface area contributed by atoms with Crippen molar-refractivity contribution in [1.29, 1.82) is 0 Å². The molecule has 2 aromatic rings. The topological polar surface area (TPSA) is 48.1 Å². The molecule has 2 rings (SSSR count). The van der Waals surface area contributed by atoms with Crippen LogP contribution in [-0.4, -0.2) is 12.1 Å². The van der Waals surface area contributed by atoms with Gasteiger partial charge in [-0.1, -0.05) is 17.8 Å². The van der Waals surface area contributed by atoms with Crippen LogP contribution in [-0.2, 0) is 0 Å². The van der Waals surface area contributed by atoms with Crippen molar-refractivity contribution in [2.24, 2.45) is 0 Å². The molecular formula is C10H10N2OS2. The van der Waals surface area contributed by atoms with Crippen LogP contribution in [0.15, 0.2) is 38.9 Å². The third kappa shape index (κ3) is 2.43. The summed E-state index contributed by atoms with van der Waals surface area (Å²) in [6.07, 6.45) is 0. The van der Waals surface area contributed by atoms with Crippen LogP contribution in [0.25, 0.3) is 0 Å². The van der Waals surface area contributed by atoms with Crippen molar-refractivity contribution in [3.8, 4) is 5.88 Å². The van der Waals surface area contributed by atoms with Crippen molar-refractivity contribution in [3.63, 3.8) is 0 Å². The van der Waals surface area contributed by atoms with Gasteiger partial charge in [-0.25, -0.2) is 4.98 Å². The first-order valence-corrected chi connectivity index (χ1v) is 6.01. The fourth-order valence-corrected chi connectivity index (χ4v) is 2.75. The molecule has 5 heteroatoms. The van der Waals surface area contributed by atoms with E-state index in [0.717, 1.165) is 5.03 Å². The van der Waals surface area contributed by atoms with Gasteiger partial charge < -0.3 is 10.5 Å². The number of ether oxygens (including phenoxy) is 1. The van der Waals surface area contributed by atoms with Crippen molar-refractivity contribution in [1.82, 2.24) is 4.98 Å². The Morgan fingerprint density at radius 3 is 2.93 bits per heavy atom. The average molecular weight is 238 g/mol. The summed E-state index contributed by atoms with van der Waals surface area (Å²) in [5.74, 6) is 0.586. The van der Waals surface area contributed by atoms with Gasteiger partial charge in [-0.2, -0.15) is 0 Å². The third-order valence-electron chi connectivity index (χ3n) is 1.77. The highest BCUT2D eigenvalue weighted by atomic mass is 32.2. The first kappa shape index (κ1) is 10.3. The molecule has 0 radical (unpaired) electrons. The maximum absolute atomic E-state index is 5.83. The molecule has 2 N–H and O–H groups in total. The summed E-state index contributed by atoms with van der Waals surface area (Å²) < 4.78 is 6.22. The van der Waals surface area contributed by atoms with Crippen molar-refractivity contribution < 1.29 is 4.74 Å². The predicted octanol–water partition coefficient (Wildman–Crippen LogP) is 2.89. The molecule has 0 atom stereocenters. The Labute approximate surface area is 96.3 Å². The lowest BCUT2D eigenvalue weighted by Gasteiger charge is -2.04. The van der Waals surface area contributed by atoms with Gasteiger partial charge in [0.25, 0.3) is 0 Å². The van der Waals surface area contributed by atoms with Gasteiger partial charge in [-0.3, -0.25) is 0 Å². The van der Waals surface area contributed by atoms with E-state index in [-0.39, 0.29) is 0 Å². The maximum atomic E-state index is 5.83. The van der Waals surface area contributed by atoms with Gasteiger partial charge in [-0.15, -0.1) is 11.3 Å². The van der Waals surface area contributed by atoms with Crippen LogP contribution >= 0.6 is 23.1 Å². The van der Waals surface area contributed by atoms with Gasteiger partial charge >= 0.3 is 0 Å². The number of hydrogen-bond donors (Lipinski definition) is 1. The van der Waals surface area contributed by atoms with Gasteiger partial charge in [0.1, 0.15) is 5.03 Å². The summed E-state index contributed by atoms with van der Waals surface area (Å²) in [4.78, 5) is 4.29. The number of anilines is 1. The molecule has 0 saturated heterocycles. The molecule has 0 spiro atoms. The molecule has 2 heterocycles. The molecule has 0 amide bonds. The zero-order chi connectivity index (χ0) is 10.7. The zero-order valence-electron chi connectivity index (χ0n) is 8.14. The van der Waals surface area contributed by atoms with E-state index in [1.54, 1.807) is 36.3 Å². The molecule has 3 nitrogen and oxygen atoms in total. The van der Waals surface area contributed by atoms with E-state index in [1.165, 1.54) is 4.21 Å². The van der Waals surface area contributed by atoms with Crippen LogP contribution in [0.4, 0.5) is 5.69 Å². The van der Waals surface area contributed by atoms with Crippen molar-refractivity contribution in [2.45, 2.75) is 9.24 Å². The number of pyridine rings is 1. The van der Waals surface area contributed by atoms with Crippen LogP contribution < -0.4 is 10.5 Å². The van der Waals surface area contributed by atoms with Crippen LogP contribution in [0.2, 0.25) is 0 Å². The molecule has 0 aliphatic heterocycles. The molecule has 0 aliphatic rings. The van der Waals surface area contributed by atoms with Crippen LogP contribution in [0, 0.1) is 0 Å². The fourth-order valence-electron chi connectivity index (χ4n) is 1.05. The second-order valence-corrected chi connectivity index (χ2v) is 5.02. The van der Waals surface area contributed by atoms with Gasteiger partial charge in [-0.05, 0) is 17.5 Å². The molecular weight excluding hydrogens is 228 g/mol. The van der Waals surface area contributed by atoms with Crippen molar-refractivity contribution in [3.05, 3.63) is 29.6 Å². The van der Waals surface area contributed by atoms with Crippen LogP contribution in [0.5, 0.6) is 5.88 Å². The first-order chi connectivity index (χ1) is 7.29. The number of nitrogens with zero attached hydrogens (tertiary/aromatic N) is 1. The highest BCUT2D eigenvalue weighted by Gasteiger charge is 2.06. The van der Waals surface area contributed by atoms with Crippen molar-refractivity contribution >= 4 is 28.8 Å². The quantitative estimate of drug-likeness (QED) is 0.893. The van der Waals surface area contributed by atoms with E-state index < -0.39 is 0 Å². The molecule has 0 unspecified atom stereocenters. The third-order valence-corrected chi connectivity index (χ3v) is 3.82. The second kappa shape index (κ2) is 4.55. The summed E-state index contributed by atoms with van der Waals surface area (Å²) in [6, 6.07) is 7.61. The molecule has 0 saturated carbocycles. The first-order valence-electron chi connectivity index (χ1n) is 4.31. The van der Waals surface area contributed by atoms with E-state index in [1.807, 2.05) is 23.6 Å². The zero-order valence-corrected chi connectivity index (χ0v) is 9.77. The number of aromatic nitrogens is 1. The number of thiophene rings is 1. The maximum Gasteiger partial charge on any atom is 0.214 e. The van der Waals surface area contributed by atoms with E-state index in [0.29, 0.717) is 11.6 Å². The average Bonchev–Trinajstić information content (AvgIpc) is 2.74. The minimum Gasteiger partial charge on any atom is -0.481 e. The summed E-state index contributed by atoms with van der Waals surface area (Å²) >= 11 is 3.22. The van der Waals surface area contributed by atoms with Crippen LogP contribution in [0.3, 0.4) is 0 Å².